The third-order valence-electron chi connectivity index (χ3n) is 11.5. The third kappa shape index (κ3) is 29.4. The fourth-order valence-electron chi connectivity index (χ4n) is 7.65. The highest BCUT2D eigenvalue weighted by Crippen LogP contribution is 2.23. The van der Waals surface area contributed by atoms with E-state index in [9.17, 15) is 34.8 Å². The molecule has 342 valence electrons. The van der Waals surface area contributed by atoms with Gasteiger partial charge in [-0.25, -0.2) is 4.79 Å². The monoisotopic (exact) mass is 829 g/mol. The topological polar surface area (TPSA) is 169 Å². The van der Waals surface area contributed by atoms with Crippen LogP contribution in [0.5, 0.6) is 0 Å². The summed E-state index contributed by atoms with van der Waals surface area (Å²) < 4.78 is 21.8. The number of aliphatic hydroxyl groups excluding tert-OH is 3. The van der Waals surface area contributed by atoms with Crippen molar-refractivity contribution in [3.63, 3.8) is 0 Å². The SMILES string of the molecule is CCCCCCCCCCCCCCCCCCC(=O)OCC(COC1OC(C(=O)O)C(O)C(O)C1O)OC(=O)CCCCCCCCCCCCCCCCCC. The Bertz CT molecular complexity index is 978. The zero-order valence-corrected chi connectivity index (χ0v) is 37.1. The van der Waals surface area contributed by atoms with Gasteiger partial charge in [0.15, 0.2) is 18.5 Å². The minimum absolute atomic E-state index is 0.191. The average Bonchev–Trinajstić information content (AvgIpc) is 3.21. The number of aliphatic carboxylic acids is 1. The van der Waals surface area contributed by atoms with Gasteiger partial charge in [-0.2, -0.15) is 0 Å². The van der Waals surface area contributed by atoms with Crippen LogP contribution in [0, 0.1) is 0 Å². The Balaban J connectivity index is 2.32. The summed E-state index contributed by atoms with van der Waals surface area (Å²) in [5, 5.41) is 39.8. The predicted molar refractivity (Wildman–Crippen MR) is 229 cm³/mol. The predicted octanol–water partition coefficient (Wildman–Crippen LogP) is 10.7. The first kappa shape index (κ1) is 54.2. The average molecular weight is 829 g/mol. The molecule has 0 aromatic rings. The van der Waals surface area contributed by atoms with Gasteiger partial charge in [0.1, 0.15) is 24.9 Å². The summed E-state index contributed by atoms with van der Waals surface area (Å²) in [6, 6.07) is 0. The van der Waals surface area contributed by atoms with Crippen LogP contribution in [0.25, 0.3) is 0 Å². The number of carboxylic acid groups (broad SMARTS) is 1. The molecule has 0 amide bonds. The molecule has 1 heterocycles. The molecule has 4 N–H and O–H groups in total. The maximum Gasteiger partial charge on any atom is 0.335 e. The summed E-state index contributed by atoms with van der Waals surface area (Å²) >= 11 is 0. The smallest absolute Gasteiger partial charge is 0.335 e. The highest BCUT2D eigenvalue weighted by atomic mass is 16.7. The molecule has 0 saturated carbocycles. The van der Waals surface area contributed by atoms with Gasteiger partial charge in [0.05, 0.1) is 6.61 Å². The van der Waals surface area contributed by atoms with Gasteiger partial charge in [0.25, 0.3) is 0 Å². The normalized spacial score (nSPS) is 19.9. The summed E-state index contributed by atoms with van der Waals surface area (Å²) in [5.41, 5.74) is 0. The molecule has 0 aromatic carbocycles. The summed E-state index contributed by atoms with van der Waals surface area (Å²) in [6.07, 6.45) is 30.1. The molecule has 1 rings (SSSR count). The molecule has 0 bridgehead atoms. The van der Waals surface area contributed by atoms with Crippen molar-refractivity contribution in [3.8, 4) is 0 Å². The maximum atomic E-state index is 12.8. The Morgan fingerprint density at radius 1 is 0.466 bits per heavy atom. The van der Waals surface area contributed by atoms with E-state index >= 15 is 0 Å². The molecular formula is C47H88O11. The standard InChI is InChI=1S/C47H88O11/c1-3-5-7-9-11-13-15-17-19-21-23-25-27-29-31-33-35-40(48)55-37-39(38-56-47-44(52)42(50)43(51)45(58-47)46(53)54)57-41(49)36-34-32-30-28-26-24-22-20-18-16-14-12-10-8-6-4-2/h39,42-45,47,50-52H,3-38H2,1-2H3,(H,53,54). The van der Waals surface area contributed by atoms with Crippen molar-refractivity contribution < 1.29 is 53.8 Å². The van der Waals surface area contributed by atoms with E-state index in [1.165, 1.54) is 154 Å². The van der Waals surface area contributed by atoms with Crippen LogP contribution in [0.1, 0.15) is 232 Å². The van der Waals surface area contributed by atoms with Crippen LogP contribution in [-0.2, 0) is 33.3 Å². The molecule has 0 spiro atoms. The van der Waals surface area contributed by atoms with Gasteiger partial charge in [0, 0.05) is 12.8 Å². The van der Waals surface area contributed by atoms with Gasteiger partial charge in [-0.1, -0.05) is 206 Å². The fourth-order valence-corrected chi connectivity index (χ4v) is 7.65. The number of hydrogen-bond acceptors (Lipinski definition) is 10. The largest absolute Gasteiger partial charge is 0.479 e. The number of hydrogen-bond donors (Lipinski definition) is 4. The van der Waals surface area contributed by atoms with E-state index in [0.717, 1.165) is 38.5 Å². The fraction of sp³-hybridized carbons (Fsp3) is 0.936. The van der Waals surface area contributed by atoms with Crippen LogP contribution in [-0.4, -0.2) is 88.4 Å². The van der Waals surface area contributed by atoms with Crippen LogP contribution in [0.3, 0.4) is 0 Å². The number of carbonyl (C=O) groups excluding carboxylic acids is 2. The number of rotatable bonds is 41. The van der Waals surface area contributed by atoms with Crippen LogP contribution >= 0.6 is 0 Å². The molecule has 1 saturated heterocycles. The molecular weight excluding hydrogens is 741 g/mol. The first-order chi connectivity index (χ1) is 28.2. The van der Waals surface area contributed by atoms with Crippen LogP contribution in [0.15, 0.2) is 0 Å². The Labute approximate surface area is 353 Å². The van der Waals surface area contributed by atoms with E-state index < -0.39 is 54.7 Å². The minimum atomic E-state index is -1.86. The quantitative estimate of drug-likeness (QED) is 0.0342. The van der Waals surface area contributed by atoms with Gasteiger partial charge in [-0.3, -0.25) is 9.59 Å². The van der Waals surface area contributed by atoms with Crippen molar-refractivity contribution in [2.75, 3.05) is 13.2 Å². The Kier molecular flexibility index (Phi) is 35.7. The third-order valence-corrected chi connectivity index (χ3v) is 11.5. The minimum Gasteiger partial charge on any atom is -0.479 e. The van der Waals surface area contributed by atoms with Crippen molar-refractivity contribution in [2.45, 2.75) is 269 Å². The number of aliphatic hydroxyl groups is 3. The molecule has 0 aromatic heterocycles. The van der Waals surface area contributed by atoms with Gasteiger partial charge < -0.3 is 39.4 Å². The zero-order valence-electron chi connectivity index (χ0n) is 37.1. The number of unbranched alkanes of at least 4 members (excludes halogenated alkanes) is 30. The van der Waals surface area contributed by atoms with Gasteiger partial charge in [-0.15, -0.1) is 0 Å². The van der Waals surface area contributed by atoms with E-state index in [-0.39, 0.29) is 26.1 Å². The van der Waals surface area contributed by atoms with E-state index in [1.54, 1.807) is 0 Å². The van der Waals surface area contributed by atoms with E-state index in [0.29, 0.717) is 12.8 Å². The lowest BCUT2D eigenvalue weighted by atomic mass is 9.99. The lowest BCUT2D eigenvalue weighted by Crippen LogP contribution is -2.60. The van der Waals surface area contributed by atoms with Gasteiger partial charge in [0.2, 0.25) is 0 Å². The molecule has 11 nitrogen and oxygen atoms in total. The Morgan fingerprint density at radius 3 is 1.17 bits per heavy atom. The number of carboxylic acids is 1. The Hall–Kier alpha value is -1.79. The second-order valence-electron chi connectivity index (χ2n) is 17.0. The van der Waals surface area contributed by atoms with Crippen molar-refractivity contribution >= 4 is 17.9 Å². The molecule has 0 radical (unpaired) electrons. The molecule has 6 unspecified atom stereocenters. The van der Waals surface area contributed by atoms with Crippen molar-refractivity contribution in [1.29, 1.82) is 0 Å². The van der Waals surface area contributed by atoms with Crippen LogP contribution in [0.4, 0.5) is 0 Å². The molecule has 1 fully saturated rings. The van der Waals surface area contributed by atoms with E-state index in [4.69, 9.17) is 18.9 Å². The molecule has 11 heteroatoms. The van der Waals surface area contributed by atoms with Gasteiger partial charge in [-0.05, 0) is 12.8 Å². The second kappa shape index (κ2) is 38.2. The summed E-state index contributed by atoms with van der Waals surface area (Å²) in [7, 11) is 0. The first-order valence-electron chi connectivity index (χ1n) is 24.1. The van der Waals surface area contributed by atoms with Gasteiger partial charge >= 0.3 is 17.9 Å². The Morgan fingerprint density at radius 2 is 0.810 bits per heavy atom. The summed E-state index contributed by atoms with van der Waals surface area (Å²) in [6.45, 7) is 3.85. The lowest BCUT2D eigenvalue weighted by Gasteiger charge is -2.38. The highest BCUT2D eigenvalue weighted by molar-refractivity contribution is 5.73. The summed E-state index contributed by atoms with van der Waals surface area (Å²) in [4.78, 5) is 36.9. The maximum absolute atomic E-state index is 12.8. The molecule has 1 aliphatic rings. The highest BCUT2D eigenvalue weighted by Gasteiger charge is 2.47. The van der Waals surface area contributed by atoms with Crippen LogP contribution < -0.4 is 0 Å². The molecule has 1 aliphatic heterocycles. The molecule has 0 aliphatic carbocycles. The van der Waals surface area contributed by atoms with Crippen LogP contribution in [0.2, 0.25) is 0 Å². The second-order valence-corrected chi connectivity index (χ2v) is 17.0. The first-order valence-corrected chi connectivity index (χ1v) is 24.1. The number of ether oxygens (including phenoxy) is 4. The van der Waals surface area contributed by atoms with Crippen molar-refractivity contribution in [2.24, 2.45) is 0 Å². The summed E-state index contributed by atoms with van der Waals surface area (Å²) in [5.74, 6) is -2.42. The lowest BCUT2D eigenvalue weighted by molar-refractivity contribution is -0.298. The molecule has 6 atom stereocenters. The van der Waals surface area contributed by atoms with E-state index in [1.807, 2.05) is 0 Å². The zero-order chi connectivity index (χ0) is 42.5. The van der Waals surface area contributed by atoms with Crippen molar-refractivity contribution in [1.82, 2.24) is 0 Å². The van der Waals surface area contributed by atoms with E-state index in [2.05, 4.69) is 13.8 Å². The number of carbonyl (C=O) groups is 3. The van der Waals surface area contributed by atoms with Crippen molar-refractivity contribution in [3.05, 3.63) is 0 Å². The number of esters is 2. The molecule has 58 heavy (non-hydrogen) atoms.